The summed E-state index contributed by atoms with van der Waals surface area (Å²) in [6.45, 7) is 3.46. The van der Waals surface area contributed by atoms with Crippen molar-refractivity contribution in [1.82, 2.24) is 0 Å². The molecule has 0 spiro atoms. The lowest BCUT2D eigenvalue weighted by molar-refractivity contribution is -0.260. The Bertz CT molecular complexity index is 302. The van der Waals surface area contributed by atoms with Crippen LogP contribution in [0.15, 0.2) is 0 Å². The molecule has 0 amide bonds. The number of ether oxygens (including phenoxy) is 3. The van der Waals surface area contributed by atoms with Gasteiger partial charge in [0.15, 0.2) is 6.29 Å². The Morgan fingerprint density at radius 3 is 2.47 bits per heavy atom. The minimum Gasteiger partial charge on any atom is -0.387 e. The SMILES string of the molecule is B[C@@H]1O[C@H](CC)[C@H](O)C1(C)OC(C)OCC(F)(F)F. The summed E-state index contributed by atoms with van der Waals surface area (Å²) in [5, 5.41) is 10.1. The number of hydrogen-bond donors (Lipinski definition) is 1. The van der Waals surface area contributed by atoms with E-state index in [4.69, 9.17) is 9.47 Å². The Kier molecular flexibility index (Phi) is 5.28. The van der Waals surface area contributed by atoms with Gasteiger partial charge in [0.25, 0.3) is 0 Å². The fourth-order valence-electron chi connectivity index (χ4n) is 2.17. The minimum atomic E-state index is -4.40. The molecule has 2 unspecified atom stereocenters. The molecular weight excluding hydrogens is 264 g/mol. The zero-order valence-corrected chi connectivity index (χ0v) is 11.5. The molecule has 8 heteroatoms. The van der Waals surface area contributed by atoms with E-state index in [1.807, 2.05) is 6.92 Å². The topological polar surface area (TPSA) is 47.9 Å². The van der Waals surface area contributed by atoms with Gasteiger partial charge in [-0.25, -0.2) is 0 Å². The van der Waals surface area contributed by atoms with Crippen LogP contribution in [0.5, 0.6) is 0 Å². The van der Waals surface area contributed by atoms with Crippen LogP contribution in [0.4, 0.5) is 13.2 Å². The first kappa shape index (κ1) is 16.7. The molecule has 1 heterocycles. The molecule has 0 aromatic heterocycles. The molecule has 0 aromatic rings. The van der Waals surface area contributed by atoms with Crippen molar-refractivity contribution in [2.24, 2.45) is 0 Å². The Labute approximate surface area is 111 Å². The largest absolute Gasteiger partial charge is 0.411 e. The second-order valence-corrected chi connectivity index (χ2v) is 4.97. The standard InChI is InChI=1S/C11H20BF3O4/c1-4-7-8(16)10(3,9(12)18-7)19-6(2)17-5-11(13,14)15/h6-9,16H,4-5,12H2,1-3H3/t6?,7-,8+,9-,10?/m1/s1. The molecule has 1 fully saturated rings. The zero-order chi connectivity index (χ0) is 14.8. The second kappa shape index (κ2) is 5.99. The molecule has 1 aliphatic rings. The second-order valence-electron chi connectivity index (χ2n) is 4.97. The average molecular weight is 284 g/mol. The van der Waals surface area contributed by atoms with Crippen LogP contribution in [-0.4, -0.2) is 55.8 Å². The van der Waals surface area contributed by atoms with E-state index in [1.54, 1.807) is 14.8 Å². The van der Waals surface area contributed by atoms with Gasteiger partial charge in [-0.05, 0) is 20.3 Å². The lowest BCUT2D eigenvalue weighted by Crippen LogP contribution is -2.50. The average Bonchev–Trinajstić information content (AvgIpc) is 2.50. The number of aliphatic hydroxyl groups is 1. The molecule has 112 valence electrons. The minimum absolute atomic E-state index is 0.380. The van der Waals surface area contributed by atoms with Crippen molar-refractivity contribution >= 4 is 7.85 Å². The van der Waals surface area contributed by atoms with Crippen molar-refractivity contribution in [1.29, 1.82) is 0 Å². The quantitative estimate of drug-likeness (QED) is 0.599. The van der Waals surface area contributed by atoms with E-state index in [0.29, 0.717) is 6.42 Å². The predicted molar refractivity (Wildman–Crippen MR) is 64.5 cm³/mol. The van der Waals surface area contributed by atoms with Gasteiger partial charge in [0.05, 0.1) is 12.1 Å². The van der Waals surface area contributed by atoms with Crippen molar-refractivity contribution in [3.05, 3.63) is 0 Å². The van der Waals surface area contributed by atoms with Gasteiger partial charge in [-0.2, -0.15) is 13.2 Å². The summed E-state index contributed by atoms with van der Waals surface area (Å²) in [5.41, 5.74) is -1.08. The maximum absolute atomic E-state index is 12.0. The summed E-state index contributed by atoms with van der Waals surface area (Å²) in [4.78, 5) is 0. The number of hydrogen-bond acceptors (Lipinski definition) is 4. The third-order valence-electron chi connectivity index (χ3n) is 3.43. The van der Waals surface area contributed by atoms with Crippen molar-refractivity contribution in [3.8, 4) is 0 Å². The Hall–Kier alpha value is -0.305. The zero-order valence-electron chi connectivity index (χ0n) is 11.5. The van der Waals surface area contributed by atoms with E-state index >= 15 is 0 Å². The molecule has 19 heavy (non-hydrogen) atoms. The van der Waals surface area contributed by atoms with Gasteiger partial charge in [-0.1, -0.05) is 6.92 Å². The first-order chi connectivity index (χ1) is 8.60. The predicted octanol–water partition coefficient (Wildman–Crippen LogP) is 0.815. The Balaban J connectivity index is 2.59. The number of aliphatic hydroxyl groups excluding tert-OH is 1. The first-order valence-corrected chi connectivity index (χ1v) is 6.30. The summed E-state index contributed by atoms with van der Waals surface area (Å²) in [6, 6.07) is -0.426. The van der Waals surface area contributed by atoms with Crippen molar-refractivity contribution < 1.29 is 32.5 Å². The van der Waals surface area contributed by atoms with Crippen LogP contribution in [0.25, 0.3) is 0 Å². The van der Waals surface area contributed by atoms with Gasteiger partial charge in [-0.15, -0.1) is 0 Å². The fourth-order valence-corrected chi connectivity index (χ4v) is 2.17. The van der Waals surface area contributed by atoms with Crippen molar-refractivity contribution in [3.63, 3.8) is 0 Å². The van der Waals surface area contributed by atoms with E-state index in [9.17, 15) is 18.3 Å². The number of halogens is 3. The molecule has 1 saturated heterocycles. The van der Waals surface area contributed by atoms with Crippen LogP contribution in [0.1, 0.15) is 27.2 Å². The van der Waals surface area contributed by atoms with Crippen LogP contribution >= 0.6 is 0 Å². The summed E-state index contributed by atoms with van der Waals surface area (Å²) in [6.07, 6.45) is -6.16. The molecule has 0 aromatic carbocycles. The highest BCUT2D eigenvalue weighted by molar-refractivity contribution is 6.12. The van der Waals surface area contributed by atoms with Gasteiger partial charge >= 0.3 is 6.18 Å². The van der Waals surface area contributed by atoms with Crippen LogP contribution in [-0.2, 0) is 14.2 Å². The van der Waals surface area contributed by atoms with E-state index < -0.39 is 36.8 Å². The highest BCUT2D eigenvalue weighted by atomic mass is 19.4. The highest BCUT2D eigenvalue weighted by Gasteiger charge is 2.52. The summed E-state index contributed by atoms with van der Waals surface area (Å²) in [7, 11) is 1.72. The van der Waals surface area contributed by atoms with E-state index in [1.165, 1.54) is 6.92 Å². The van der Waals surface area contributed by atoms with Crippen molar-refractivity contribution in [2.45, 2.75) is 63.5 Å². The maximum atomic E-state index is 12.0. The van der Waals surface area contributed by atoms with Gasteiger partial charge in [0.1, 0.15) is 26.2 Å². The van der Waals surface area contributed by atoms with Gasteiger partial charge < -0.3 is 19.3 Å². The highest BCUT2D eigenvalue weighted by Crippen LogP contribution is 2.35. The Morgan fingerprint density at radius 2 is 2.05 bits per heavy atom. The molecule has 1 aliphatic heterocycles. The smallest absolute Gasteiger partial charge is 0.387 e. The molecule has 1 rings (SSSR count). The van der Waals surface area contributed by atoms with E-state index in [2.05, 4.69) is 4.74 Å². The molecular formula is C11H20BF3O4. The normalized spacial score (nSPS) is 37.5. The van der Waals surface area contributed by atoms with Crippen LogP contribution in [0, 0.1) is 0 Å². The maximum Gasteiger partial charge on any atom is 0.411 e. The third-order valence-corrected chi connectivity index (χ3v) is 3.43. The van der Waals surface area contributed by atoms with Crippen LogP contribution in [0.3, 0.4) is 0 Å². The molecule has 4 nitrogen and oxygen atoms in total. The molecule has 0 saturated carbocycles. The lowest BCUT2D eigenvalue weighted by Gasteiger charge is -2.34. The molecule has 5 atom stereocenters. The van der Waals surface area contributed by atoms with Gasteiger partial charge in [-0.3, -0.25) is 0 Å². The monoisotopic (exact) mass is 284 g/mol. The van der Waals surface area contributed by atoms with Gasteiger partial charge in [0.2, 0.25) is 0 Å². The Morgan fingerprint density at radius 1 is 1.47 bits per heavy atom. The van der Waals surface area contributed by atoms with E-state index in [0.717, 1.165) is 0 Å². The molecule has 0 aliphatic carbocycles. The number of alkyl halides is 3. The third kappa shape index (κ3) is 4.08. The van der Waals surface area contributed by atoms with E-state index in [-0.39, 0.29) is 6.10 Å². The fraction of sp³-hybridized carbons (Fsp3) is 1.00. The summed E-state index contributed by atoms with van der Waals surface area (Å²) < 4.78 is 51.7. The lowest BCUT2D eigenvalue weighted by atomic mass is 9.81. The van der Waals surface area contributed by atoms with Crippen LogP contribution < -0.4 is 0 Å². The molecule has 0 radical (unpaired) electrons. The van der Waals surface area contributed by atoms with Crippen LogP contribution in [0.2, 0.25) is 0 Å². The molecule has 1 N–H and O–H groups in total. The summed E-state index contributed by atoms with van der Waals surface area (Å²) in [5.74, 6) is 0. The first-order valence-electron chi connectivity index (χ1n) is 6.30. The number of rotatable bonds is 5. The molecule has 0 bridgehead atoms. The van der Waals surface area contributed by atoms with Crippen molar-refractivity contribution in [2.75, 3.05) is 6.61 Å². The summed E-state index contributed by atoms with van der Waals surface area (Å²) >= 11 is 0. The van der Waals surface area contributed by atoms with Gasteiger partial charge in [0, 0.05) is 0 Å².